The molecule has 0 saturated heterocycles. The second-order valence-electron chi connectivity index (χ2n) is 5.37. The van der Waals surface area contributed by atoms with E-state index in [-0.39, 0.29) is 11.5 Å². The molecule has 0 unspecified atom stereocenters. The van der Waals surface area contributed by atoms with Crippen LogP contribution in [0.5, 0.6) is 0 Å². The van der Waals surface area contributed by atoms with Crippen LogP contribution in [0.2, 0.25) is 0 Å². The molecule has 0 spiro atoms. The van der Waals surface area contributed by atoms with E-state index in [1.165, 1.54) is 24.3 Å². The molecular formula is C15H17N3O5. The first-order valence-electron chi connectivity index (χ1n) is 6.84. The first-order chi connectivity index (χ1) is 10.7. The molecule has 122 valence electrons. The molecule has 1 aromatic rings. The third kappa shape index (κ3) is 4.51. The highest BCUT2D eigenvalue weighted by Crippen LogP contribution is 2.18. The SMILES string of the molecule is CC(C)[C@](C)(C#N)NC(=O)COC(=O)c1ccccc1[N+](=O)[O-]. The highest BCUT2D eigenvalue weighted by Gasteiger charge is 2.30. The van der Waals surface area contributed by atoms with Gasteiger partial charge in [0.25, 0.3) is 11.6 Å². The van der Waals surface area contributed by atoms with E-state index in [2.05, 4.69) is 5.32 Å². The van der Waals surface area contributed by atoms with Crippen molar-refractivity contribution in [2.75, 3.05) is 6.61 Å². The number of nitrogens with zero attached hydrogens (tertiary/aromatic N) is 2. The minimum atomic E-state index is -1.10. The molecule has 0 fully saturated rings. The number of nitro groups is 1. The molecule has 1 rings (SSSR count). The van der Waals surface area contributed by atoms with Gasteiger partial charge in [-0.25, -0.2) is 4.79 Å². The van der Waals surface area contributed by atoms with Crippen LogP contribution in [-0.2, 0) is 9.53 Å². The lowest BCUT2D eigenvalue weighted by atomic mass is 9.90. The molecule has 0 saturated carbocycles. The van der Waals surface area contributed by atoms with Crippen molar-refractivity contribution >= 4 is 17.6 Å². The van der Waals surface area contributed by atoms with Crippen LogP contribution in [0.25, 0.3) is 0 Å². The zero-order valence-corrected chi connectivity index (χ0v) is 13.0. The van der Waals surface area contributed by atoms with Crippen LogP contribution in [0.4, 0.5) is 5.69 Å². The van der Waals surface area contributed by atoms with E-state index in [0.717, 1.165) is 0 Å². The van der Waals surface area contributed by atoms with Crippen LogP contribution in [0, 0.1) is 27.4 Å². The van der Waals surface area contributed by atoms with Crippen molar-refractivity contribution in [1.82, 2.24) is 5.32 Å². The summed E-state index contributed by atoms with van der Waals surface area (Å²) in [6.07, 6.45) is 0. The highest BCUT2D eigenvalue weighted by atomic mass is 16.6. The first-order valence-corrected chi connectivity index (χ1v) is 6.84. The van der Waals surface area contributed by atoms with Crippen molar-refractivity contribution in [3.63, 3.8) is 0 Å². The number of carbonyl (C=O) groups is 2. The average molecular weight is 319 g/mol. The lowest BCUT2D eigenvalue weighted by molar-refractivity contribution is -0.385. The number of hydrogen-bond donors (Lipinski definition) is 1. The van der Waals surface area contributed by atoms with Gasteiger partial charge < -0.3 is 10.1 Å². The maximum absolute atomic E-state index is 11.9. The van der Waals surface area contributed by atoms with E-state index in [0.29, 0.717) is 0 Å². The van der Waals surface area contributed by atoms with Gasteiger partial charge in [-0.2, -0.15) is 5.26 Å². The first kappa shape index (κ1) is 18.1. The van der Waals surface area contributed by atoms with Crippen molar-refractivity contribution < 1.29 is 19.2 Å². The van der Waals surface area contributed by atoms with Crippen molar-refractivity contribution in [2.24, 2.45) is 5.92 Å². The van der Waals surface area contributed by atoms with Gasteiger partial charge in [0.05, 0.1) is 11.0 Å². The van der Waals surface area contributed by atoms with Crippen LogP contribution >= 0.6 is 0 Å². The third-order valence-corrected chi connectivity index (χ3v) is 3.44. The van der Waals surface area contributed by atoms with E-state index in [4.69, 9.17) is 10.00 Å². The number of nitrogens with one attached hydrogen (secondary N) is 1. The Bertz CT molecular complexity index is 665. The Labute approximate surface area is 133 Å². The van der Waals surface area contributed by atoms with Gasteiger partial charge >= 0.3 is 5.97 Å². The van der Waals surface area contributed by atoms with Gasteiger partial charge in [-0.1, -0.05) is 26.0 Å². The molecule has 0 heterocycles. The maximum atomic E-state index is 11.9. The van der Waals surface area contributed by atoms with E-state index >= 15 is 0 Å². The molecule has 1 amide bonds. The van der Waals surface area contributed by atoms with Gasteiger partial charge in [0.2, 0.25) is 0 Å². The monoisotopic (exact) mass is 319 g/mol. The van der Waals surface area contributed by atoms with Crippen LogP contribution < -0.4 is 5.32 Å². The molecular weight excluding hydrogens is 302 g/mol. The van der Waals surface area contributed by atoms with Crippen molar-refractivity contribution in [1.29, 1.82) is 5.26 Å². The molecule has 8 heteroatoms. The number of nitro benzene ring substituents is 1. The Morgan fingerprint density at radius 1 is 1.43 bits per heavy atom. The molecule has 8 nitrogen and oxygen atoms in total. The average Bonchev–Trinajstić information content (AvgIpc) is 2.52. The summed E-state index contributed by atoms with van der Waals surface area (Å²) in [5, 5.41) is 22.4. The Morgan fingerprint density at radius 3 is 2.57 bits per heavy atom. The van der Waals surface area contributed by atoms with E-state index in [1.807, 2.05) is 6.07 Å². The fraction of sp³-hybridized carbons (Fsp3) is 0.400. The summed E-state index contributed by atoms with van der Waals surface area (Å²) in [7, 11) is 0. The summed E-state index contributed by atoms with van der Waals surface area (Å²) < 4.78 is 4.79. The number of rotatable bonds is 6. The van der Waals surface area contributed by atoms with Crippen LogP contribution in [-0.4, -0.2) is 28.9 Å². The lowest BCUT2D eigenvalue weighted by Crippen LogP contribution is -2.50. The zero-order valence-electron chi connectivity index (χ0n) is 13.0. The number of esters is 1. The quantitative estimate of drug-likeness (QED) is 0.484. The normalized spacial score (nSPS) is 12.8. The fourth-order valence-electron chi connectivity index (χ4n) is 1.64. The number of para-hydroxylation sites is 1. The van der Waals surface area contributed by atoms with Crippen LogP contribution in [0.1, 0.15) is 31.1 Å². The van der Waals surface area contributed by atoms with Gasteiger partial charge in [0.1, 0.15) is 11.1 Å². The number of ether oxygens (including phenoxy) is 1. The predicted octanol–water partition coefficient (Wildman–Crippen LogP) is 1.81. The molecule has 1 N–H and O–H groups in total. The molecule has 23 heavy (non-hydrogen) atoms. The molecule has 0 aliphatic rings. The van der Waals surface area contributed by atoms with Crippen molar-refractivity contribution in [3.8, 4) is 6.07 Å². The topological polar surface area (TPSA) is 122 Å². The summed E-state index contributed by atoms with van der Waals surface area (Å²) in [5.41, 5.74) is -1.73. The molecule has 0 aliphatic carbocycles. The number of benzene rings is 1. The molecule has 0 aliphatic heterocycles. The Hall–Kier alpha value is -2.95. The van der Waals surface area contributed by atoms with Gasteiger partial charge in [0.15, 0.2) is 6.61 Å². The molecule has 1 aromatic carbocycles. The van der Waals surface area contributed by atoms with E-state index in [9.17, 15) is 19.7 Å². The van der Waals surface area contributed by atoms with Gasteiger partial charge in [-0.3, -0.25) is 14.9 Å². The van der Waals surface area contributed by atoms with E-state index < -0.39 is 34.6 Å². The van der Waals surface area contributed by atoms with Crippen molar-refractivity contribution in [2.45, 2.75) is 26.3 Å². The predicted molar refractivity (Wildman–Crippen MR) is 80.4 cm³/mol. The van der Waals surface area contributed by atoms with Crippen molar-refractivity contribution in [3.05, 3.63) is 39.9 Å². The van der Waals surface area contributed by atoms with E-state index in [1.54, 1.807) is 20.8 Å². The molecule has 1 atom stereocenters. The maximum Gasteiger partial charge on any atom is 0.345 e. The smallest absolute Gasteiger partial charge is 0.345 e. The van der Waals surface area contributed by atoms with Gasteiger partial charge in [-0.05, 0) is 18.9 Å². The number of nitriles is 1. The summed E-state index contributed by atoms with van der Waals surface area (Å²) >= 11 is 0. The molecule has 0 aromatic heterocycles. The van der Waals surface area contributed by atoms with Crippen LogP contribution in [0.15, 0.2) is 24.3 Å². The number of hydrogen-bond acceptors (Lipinski definition) is 6. The molecule has 0 radical (unpaired) electrons. The standard InChI is InChI=1S/C15H17N3O5/c1-10(2)15(3,9-16)17-13(19)8-23-14(20)11-6-4-5-7-12(11)18(21)22/h4-7,10H,8H2,1-3H3,(H,17,19)/t15-/m0/s1. The molecule has 0 bridgehead atoms. The Morgan fingerprint density at radius 2 is 2.04 bits per heavy atom. The second kappa shape index (κ2) is 7.35. The lowest BCUT2D eigenvalue weighted by Gasteiger charge is -2.27. The summed E-state index contributed by atoms with van der Waals surface area (Å²) in [4.78, 5) is 33.8. The summed E-state index contributed by atoms with van der Waals surface area (Å²) in [6.45, 7) is 4.46. The summed E-state index contributed by atoms with van der Waals surface area (Å²) in [5.74, 6) is -1.78. The van der Waals surface area contributed by atoms with Gasteiger partial charge in [0, 0.05) is 6.07 Å². The van der Waals surface area contributed by atoms with Crippen LogP contribution in [0.3, 0.4) is 0 Å². The summed E-state index contributed by atoms with van der Waals surface area (Å²) in [6, 6.07) is 7.27. The minimum absolute atomic E-state index is 0.151. The number of carbonyl (C=O) groups excluding carboxylic acids is 2. The highest BCUT2D eigenvalue weighted by molar-refractivity contribution is 5.95. The van der Waals surface area contributed by atoms with Gasteiger partial charge in [-0.15, -0.1) is 0 Å². The Balaban J connectivity index is 2.73. The largest absolute Gasteiger partial charge is 0.452 e. The minimum Gasteiger partial charge on any atom is -0.452 e. The second-order valence-corrected chi connectivity index (χ2v) is 5.37. The fourth-order valence-corrected chi connectivity index (χ4v) is 1.64. The third-order valence-electron chi connectivity index (χ3n) is 3.44. The Kier molecular flexibility index (Phi) is 5.79. The zero-order chi connectivity index (χ0) is 17.6. The number of amides is 1.